The van der Waals surface area contributed by atoms with Crippen LogP contribution in [0.15, 0.2) is 4.52 Å². The molecule has 0 radical (unpaired) electrons. The standard InChI is InChI=1S/C9H17N3O/c1-5(2)6(3)8(10)9-11-7(4)13-12-9/h5-6,8H,10H2,1-4H3. The van der Waals surface area contributed by atoms with E-state index >= 15 is 0 Å². The molecule has 0 aliphatic carbocycles. The van der Waals surface area contributed by atoms with Crippen molar-refractivity contribution >= 4 is 0 Å². The van der Waals surface area contributed by atoms with Crippen LogP contribution in [0.25, 0.3) is 0 Å². The second-order valence-electron chi connectivity index (χ2n) is 3.80. The van der Waals surface area contributed by atoms with Crippen LogP contribution < -0.4 is 5.73 Å². The summed E-state index contributed by atoms with van der Waals surface area (Å²) in [6.07, 6.45) is 0. The Balaban J connectivity index is 2.73. The van der Waals surface area contributed by atoms with Gasteiger partial charge in [-0.3, -0.25) is 0 Å². The molecule has 0 saturated heterocycles. The Kier molecular flexibility index (Phi) is 3.03. The van der Waals surface area contributed by atoms with E-state index < -0.39 is 0 Å². The van der Waals surface area contributed by atoms with E-state index in [0.717, 1.165) is 0 Å². The highest BCUT2D eigenvalue weighted by atomic mass is 16.5. The third-order valence-electron chi connectivity index (χ3n) is 2.46. The van der Waals surface area contributed by atoms with E-state index in [0.29, 0.717) is 23.6 Å². The lowest BCUT2D eigenvalue weighted by Crippen LogP contribution is -2.24. The maximum Gasteiger partial charge on any atom is 0.223 e. The van der Waals surface area contributed by atoms with Crippen LogP contribution in [0.3, 0.4) is 0 Å². The number of aromatic nitrogens is 2. The van der Waals surface area contributed by atoms with Gasteiger partial charge in [0.1, 0.15) is 0 Å². The predicted octanol–water partition coefficient (Wildman–Crippen LogP) is 1.67. The minimum Gasteiger partial charge on any atom is -0.340 e. The summed E-state index contributed by atoms with van der Waals surface area (Å²) in [6.45, 7) is 8.14. The lowest BCUT2D eigenvalue weighted by atomic mass is 9.90. The molecule has 4 nitrogen and oxygen atoms in total. The molecule has 0 spiro atoms. The van der Waals surface area contributed by atoms with Crippen molar-refractivity contribution in [2.45, 2.75) is 33.7 Å². The van der Waals surface area contributed by atoms with E-state index in [1.54, 1.807) is 6.92 Å². The third kappa shape index (κ3) is 2.28. The van der Waals surface area contributed by atoms with Crippen LogP contribution in [-0.4, -0.2) is 10.1 Å². The minimum atomic E-state index is -0.127. The van der Waals surface area contributed by atoms with Crippen molar-refractivity contribution in [2.75, 3.05) is 0 Å². The first-order valence-corrected chi connectivity index (χ1v) is 4.58. The summed E-state index contributed by atoms with van der Waals surface area (Å²) < 4.78 is 4.87. The summed E-state index contributed by atoms with van der Waals surface area (Å²) in [6, 6.07) is -0.127. The summed E-state index contributed by atoms with van der Waals surface area (Å²) in [4.78, 5) is 4.11. The summed E-state index contributed by atoms with van der Waals surface area (Å²) in [5, 5.41) is 3.81. The summed E-state index contributed by atoms with van der Waals surface area (Å²) >= 11 is 0. The first-order chi connectivity index (χ1) is 6.02. The topological polar surface area (TPSA) is 64.9 Å². The Hall–Kier alpha value is -0.900. The number of nitrogens with two attached hydrogens (primary N) is 1. The van der Waals surface area contributed by atoms with Crippen molar-refractivity contribution in [3.63, 3.8) is 0 Å². The van der Waals surface area contributed by atoms with Crippen molar-refractivity contribution in [1.29, 1.82) is 0 Å². The van der Waals surface area contributed by atoms with Crippen molar-refractivity contribution in [3.05, 3.63) is 11.7 Å². The van der Waals surface area contributed by atoms with Crippen LogP contribution in [0.1, 0.15) is 38.5 Å². The molecular formula is C9H17N3O. The number of hydrogen-bond acceptors (Lipinski definition) is 4. The van der Waals surface area contributed by atoms with E-state index in [9.17, 15) is 0 Å². The molecule has 0 bridgehead atoms. The molecular weight excluding hydrogens is 166 g/mol. The molecule has 2 N–H and O–H groups in total. The number of nitrogens with zero attached hydrogens (tertiary/aromatic N) is 2. The van der Waals surface area contributed by atoms with Gasteiger partial charge in [-0.15, -0.1) is 0 Å². The van der Waals surface area contributed by atoms with Gasteiger partial charge in [0.25, 0.3) is 0 Å². The zero-order chi connectivity index (χ0) is 10.0. The molecule has 4 heteroatoms. The summed E-state index contributed by atoms with van der Waals surface area (Å²) in [7, 11) is 0. The van der Waals surface area contributed by atoms with Crippen LogP contribution in [-0.2, 0) is 0 Å². The van der Waals surface area contributed by atoms with Gasteiger partial charge in [-0.1, -0.05) is 25.9 Å². The zero-order valence-corrected chi connectivity index (χ0v) is 8.61. The van der Waals surface area contributed by atoms with Gasteiger partial charge in [0, 0.05) is 6.92 Å². The largest absolute Gasteiger partial charge is 0.340 e. The molecule has 0 saturated carbocycles. The van der Waals surface area contributed by atoms with Gasteiger partial charge >= 0.3 is 0 Å². The number of hydrogen-bond donors (Lipinski definition) is 1. The monoisotopic (exact) mass is 183 g/mol. The van der Waals surface area contributed by atoms with Gasteiger partial charge < -0.3 is 10.3 Å². The van der Waals surface area contributed by atoms with Crippen molar-refractivity contribution < 1.29 is 4.52 Å². The van der Waals surface area contributed by atoms with Gasteiger partial charge in [-0.25, -0.2) is 0 Å². The molecule has 0 aliphatic heterocycles. The lowest BCUT2D eigenvalue weighted by Gasteiger charge is -2.19. The maximum atomic E-state index is 5.97. The van der Waals surface area contributed by atoms with Crippen molar-refractivity contribution in [2.24, 2.45) is 17.6 Å². The zero-order valence-electron chi connectivity index (χ0n) is 8.61. The summed E-state index contributed by atoms with van der Waals surface area (Å²) in [5.74, 6) is 2.06. The van der Waals surface area contributed by atoms with Gasteiger partial charge in [0.2, 0.25) is 5.89 Å². The van der Waals surface area contributed by atoms with Crippen LogP contribution in [0.4, 0.5) is 0 Å². The SMILES string of the molecule is Cc1nc(C(N)C(C)C(C)C)no1. The highest BCUT2D eigenvalue weighted by Gasteiger charge is 2.22. The maximum absolute atomic E-state index is 5.97. The van der Waals surface area contributed by atoms with Crippen LogP contribution in [0.5, 0.6) is 0 Å². The fourth-order valence-corrected chi connectivity index (χ4v) is 1.10. The van der Waals surface area contributed by atoms with Crippen LogP contribution in [0.2, 0.25) is 0 Å². The fourth-order valence-electron chi connectivity index (χ4n) is 1.10. The smallest absolute Gasteiger partial charge is 0.223 e. The Bertz CT molecular complexity index is 270. The Morgan fingerprint density at radius 2 is 1.92 bits per heavy atom. The molecule has 13 heavy (non-hydrogen) atoms. The molecule has 1 rings (SSSR count). The predicted molar refractivity (Wildman–Crippen MR) is 50.0 cm³/mol. The first kappa shape index (κ1) is 10.2. The quantitative estimate of drug-likeness (QED) is 0.774. The third-order valence-corrected chi connectivity index (χ3v) is 2.46. The fraction of sp³-hybridized carbons (Fsp3) is 0.778. The average molecular weight is 183 g/mol. The van der Waals surface area contributed by atoms with Crippen LogP contribution >= 0.6 is 0 Å². The molecule has 0 aromatic carbocycles. The van der Waals surface area contributed by atoms with Crippen LogP contribution in [0, 0.1) is 18.8 Å². The van der Waals surface area contributed by atoms with Crippen molar-refractivity contribution in [1.82, 2.24) is 10.1 Å². The Morgan fingerprint density at radius 1 is 1.31 bits per heavy atom. The second-order valence-corrected chi connectivity index (χ2v) is 3.80. The lowest BCUT2D eigenvalue weighted by molar-refractivity contribution is 0.325. The van der Waals surface area contributed by atoms with Crippen molar-refractivity contribution in [3.8, 4) is 0 Å². The Labute approximate surface area is 78.5 Å². The molecule has 0 aliphatic rings. The van der Waals surface area contributed by atoms with E-state index in [4.69, 9.17) is 10.3 Å². The molecule has 0 amide bonds. The molecule has 1 aromatic heterocycles. The molecule has 0 fully saturated rings. The number of aryl methyl sites for hydroxylation is 1. The normalized spacial score (nSPS) is 16.2. The van der Waals surface area contributed by atoms with Gasteiger partial charge in [0.05, 0.1) is 6.04 Å². The molecule has 1 heterocycles. The highest BCUT2D eigenvalue weighted by molar-refractivity contribution is 4.94. The Morgan fingerprint density at radius 3 is 2.31 bits per heavy atom. The molecule has 1 aromatic rings. The van der Waals surface area contributed by atoms with E-state index in [2.05, 4.69) is 30.9 Å². The van der Waals surface area contributed by atoms with E-state index in [1.165, 1.54) is 0 Å². The minimum absolute atomic E-state index is 0.127. The first-order valence-electron chi connectivity index (χ1n) is 4.58. The average Bonchev–Trinajstić information content (AvgIpc) is 2.49. The molecule has 2 unspecified atom stereocenters. The molecule has 2 atom stereocenters. The molecule has 74 valence electrons. The second kappa shape index (κ2) is 3.87. The number of rotatable bonds is 3. The van der Waals surface area contributed by atoms with Gasteiger partial charge in [0.15, 0.2) is 5.82 Å². The van der Waals surface area contributed by atoms with E-state index in [1.807, 2.05) is 0 Å². The highest BCUT2D eigenvalue weighted by Crippen LogP contribution is 2.23. The van der Waals surface area contributed by atoms with Gasteiger partial charge in [-0.2, -0.15) is 4.98 Å². The summed E-state index contributed by atoms with van der Waals surface area (Å²) in [5.41, 5.74) is 5.97. The van der Waals surface area contributed by atoms with Gasteiger partial charge in [-0.05, 0) is 11.8 Å². The van der Waals surface area contributed by atoms with E-state index in [-0.39, 0.29) is 6.04 Å².